The molecule has 0 heterocycles. The van der Waals surface area contributed by atoms with Crippen molar-refractivity contribution in [2.75, 3.05) is 18.5 Å². The lowest BCUT2D eigenvalue weighted by molar-refractivity contribution is -0.121. The summed E-state index contributed by atoms with van der Waals surface area (Å²) in [7, 11) is 0. The van der Waals surface area contributed by atoms with E-state index >= 15 is 0 Å². The van der Waals surface area contributed by atoms with Crippen molar-refractivity contribution in [1.29, 1.82) is 0 Å². The second-order valence-electron chi connectivity index (χ2n) is 4.12. The molecule has 0 saturated carbocycles. The van der Waals surface area contributed by atoms with Crippen molar-refractivity contribution in [3.8, 4) is 0 Å². The molecule has 0 bridgehead atoms. The van der Waals surface area contributed by atoms with Gasteiger partial charge in [-0.1, -0.05) is 15.9 Å². The molecule has 0 spiro atoms. The Bertz CT molecular complexity index is 174. The number of ether oxygens (including phenoxy) is 1. The Hall–Kier alpha value is -0.0900. The Morgan fingerprint density at radius 1 is 1.25 bits per heavy atom. The highest BCUT2D eigenvalue weighted by Gasteiger charge is 1.99. The number of alkyl halides is 1. The Balaban J connectivity index is 3.15. The zero-order valence-electron chi connectivity index (χ0n) is 10.4. The van der Waals surface area contributed by atoms with E-state index in [0.29, 0.717) is 12.5 Å². The van der Waals surface area contributed by atoms with Gasteiger partial charge in [0.05, 0.1) is 6.10 Å². The van der Waals surface area contributed by atoms with Crippen molar-refractivity contribution >= 4 is 21.8 Å². The molecular formula is C12H24BrNO2. The zero-order valence-corrected chi connectivity index (χ0v) is 12.0. The van der Waals surface area contributed by atoms with Gasteiger partial charge in [-0.05, 0) is 39.5 Å². The standard InChI is InChI=1S/C12H24BrNO2/c1-11(2)16-10-6-5-9-14-12(15)7-3-4-8-13/h11H,3-10H2,1-2H3,(H,14,15). The third kappa shape index (κ3) is 12.0. The molecule has 0 aliphatic heterocycles. The Labute approximate surface area is 107 Å². The average molecular weight is 294 g/mol. The summed E-state index contributed by atoms with van der Waals surface area (Å²) < 4.78 is 5.41. The molecule has 1 N–H and O–H groups in total. The number of nitrogens with one attached hydrogen (secondary N) is 1. The molecular weight excluding hydrogens is 270 g/mol. The lowest BCUT2D eigenvalue weighted by Gasteiger charge is -2.07. The van der Waals surface area contributed by atoms with E-state index in [1.807, 2.05) is 13.8 Å². The molecule has 0 radical (unpaired) electrons. The molecule has 0 fully saturated rings. The molecule has 0 unspecified atom stereocenters. The largest absolute Gasteiger partial charge is 0.379 e. The molecule has 0 aromatic carbocycles. The minimum absolute atomic E-state index is 0.172. The summed E-state index contributed by atoms with van der Waals surface area (Å²) in [6.07, 6.45) is 4.99. The summed E-state index contributed by atoms with van der Waals surface area (Å²) in [5.74, 6) is 0.172. The fourth-order valence-electron chi connectivity index (χ4n) is 1.24. The molecule has 0 aromatic rings. The molecule has 0 rings (SSSR count). The predicted octanol–water partition coefficient (Wildman–Crippen LogP) is 2.87. The van der Waals surface area contributed by atoms with Crippen molar-refractivity contribution in [2.45, 2.75) is 52.1 Å². The van der Waals surface area contributed by atoms with E-state index in [1.165, 1.54) is 0 Å². The number of carbonyl (C=O) groups excluding carboxylic acids is 1. The van der Waals surface area contributed by atoms with E-state index < -0.39 is 0 Å². The molecule has 0 aliphatic rings. The minimum atomic E-state index is 0.172. The Morgan fingerprint density at radius 2 is 2.00 bits per heavy atom. The summed E-state index contributed by atoms with van der Waals surface area (Å²) in [6.45, 7) is 5.63. The number of hydrogen-bond acceptors (Lipinski definition) is 2. The summed E-state index contributed by atoms with van der Waals surface area (Å²) in [5, 5.41) is 3.90. The van der Waals surface area contributed by atoms with Crippen molar-refractivity contribution in [3.05, 3.63) is 0 Å². The van der Waals surface area contributed by atoms with Crippen molar-refractivity contribution in [3.63, 3.8) is 0 Å². The quantitative estimate of drug-likeness (QED) is 0.497. The van der Waals surface area contributed by atoms with Gasteiger partial charge < -0.3 is 10.1 Å². The zero-order chi connectivity index (χ0) is 12.2. The van der Waals surface area contributed by atoms with Gasteiger partial charge in [-0.15, -0.1) is 0 Å². The summed E-state index contributed by atoms with van der Waals surface area (Å²) in [4.78, 5) is 11.3. The van der Waals surface area contributed by atoms with Crippen LogP contribution in [0.5, 0.6) is 0 Å². The molecule has 4 heteroatoms. The summed E-state index contributed by atoms with van der Waals surface area (Å²) in [6, 6.07) is 0. The SMILES string of the molecule is CC(C)OCCCCNC(=O)CCCCBr. The van der Waals surface area contributed by atoms with Crippen molar-refractivity contribution in [1.82, 2.24) is 5.32 Å². The number of unbranched alkanes of at least 4 members (excludes halogenated alkanes) is 2. The van der Waals surface area contributed by atoms with Crippen LogP contribution in [0.25, 0.3) is 0 Å². The number of hydrogen-bond donors (Lipinski definition) is 1. The normalized spacial score (nSPS) is 10.8. The molecule has 16 heavy (non-hydrogen) atoms. The molecule has 0 atom stereocenters. The van der Waals surface area contributed by atoms with Crippen LogP contribution in [0.4, 0.5) is 0 Å². The van der Waals surface area contributed by atoms with E-state index in [-0.39, 0.29) is 5.91 Å². The van der Waals surface area contributed by atoms with E-state index in [1.54, 1.807) is 0 Å². The predicted molar refractivity (Wildman–Crippen MR) is 71.0 cm³/mol. The van der Waals surface area contributed by atoms with E-state index in [0.717, 1.165) is 44.2 Å². The maximum atomic E-state index is 11.3. The van der Waals surface area contributed by atoms with Gasteiger partial charge in [0.15, 0.2) is 0 Å². The highest BCUT2D eigenvalue weighted by molar-refractivity contribution is 9.09. The van der Waals surface area contributed by atoms with Gasteiger partial charge in [-0.3, -0.25) is 4.79 Å². The molecule has 0 saturated heterocycles. The van der Waals surface area contributed by atoms with Gasteiger partial charge in [0.1, 0.15) is 0 Å². The average Bonchev–Trinajstić information content (AvgIpc) is 2.23. The van der Waals surface area contributed by atoms with Crippen LogP contribution < -0.4 is 5.32 Å². The lowest BCUT2D eigenvalue weighted by Crippen LogP contribution is -2.24. The number of carbonyl (C=O) groups is 1. The Kier molecular flexibility index (Phi) is 11.3. The first-order chi connectivity index (χ1) is 7.66. The molecule has 0 aliphatic carbocycles. The molecule has 96 valence electrons. The van der Waals surface area contributed by atoms with E-state index in [4.69, 9.17) is 4.74 Å². The van der Waals surface area contributed by atoms with Gasteiger partial charge in [0, 0.05) is 24.9 Å². The highest BCUT2D eigenvalue weighted by atomic mass is 79.9. The van der Waals surface area contributed by atoms with Crippen LogP contribution >= 0.6 is 15.9 Å². The third-order valence-electron chi connectivity index (χ3n) is 2.13. The van der Waals surface area contributed by atoms with Crippen molar-refractivity contribution < 1.29 is 9.53 Å². The topological polar surface area (TPSA) is 38.3 Å². The monoisotopic (exact) mass is 293 g/mol. The number of halogens is 1. The lowest BCUT2D eigenvalue weighted by atomic mass is 10.2. The molecule has 3 nitrogen and oxygen atoms in total. The van der Waals surface area contributed by atoms with Crippen LogP contribution in [0.2, 0.25) is 0 Å². The Morgan fingerprint density at radius 3 is 2.62 bits per heavy atom. The minimum Gasteiger partial charge on any atom is -0.379 e. The second-order valence-corrected chi connectivity index (χ2v) is 4.92. The number of rotatable bonds is 10. The van der Waals surface area contributed by atoms with Gasteiger partial charge >= 0.3 is 0 Å². The van der Waals surface area contributed by atoms with Crippen LogP contribution in [0, 0.1) is 0 Å². The van der Waals surface area contributed by atoms with Gasteiger partial charge in [0.25, 0.3) is 0 Å². The highest BCUT2D eigenvalue weighted by Crippen LogP contribution is 1.98. The van der Waals surface area contributed by atoms with Crippen LogP contribution in [0.3, 0.4) is 0 Å². The first-order valence-corrected chi connectivity index (χ1v) is 7.23. The summed E-state index contributed by atoms with van der Waals surface area (Å²) in [5.41, 5.74) is 0. The maximum absolute atomic E-state index is 11.3. The van der Waals surface area contributed by atoms with Crippen molar-refractivity contribution in [2.24, 2.45) is 0 Å². The van der Waals surface area contributed by atoms with E-state index in [2.05, 4.69) is 21.2 Å². The third-order valence-corrected chi connectivity index (χ3v) is 2.69. The molecule has 0 aromatic heterocycles. The van der Waals surface area contributed by atoms with Crippen LogP contribution in [-0.4, -0.2) is 30.5 Å². The van der Waals surface area contributed by atoms with Gasteiger partial charge in [-0.25, -0.2) is 0 Å². The smallest absolute Gasteiger partial charge is 0.219 e. The van der Waals surface area contributed by atoms with Crippen LogP contribution in [0.1, 0.15) is 46.0 Å². The van der Waals surface area contributed by atoms with Crippen LogP contribution in [-0.2, 0) is 9.53 Å². The first-order valence-electron chi connectivity index (χ1n) is 6.11. The van der Waals surface area contributed by atoms with E-state index in [9.17, 15) is 4.79 Å². The second kappa shape index (κ2) is 11.4. The van der Waals surface area contributed by atoms with Gasteiger partial charge in [0.2, 0.25) is 5.91 Å². The first kappa shape index (κ1) is 15.9. The van der Waals surface area contributed by atoms with Gasteiger partial charge in [-0.2, -0.15) is 0 Å². The maximum Gasteiger partial charge on any atom is 0.219 e. The van der Waals surface area contributed by atoms with Crippen LogP contribution in [0.15, 0.2) is 0 Å². The number of amides is 1. The molecule has 1 amide bonds. The fraction of sp³-hybridized carbons (Fsp3) is 0.917. The summed E-state index contributed by atoms with van der Waals surface area (Å²) >= 11 is 3.35. The fourth-order valence-corrected chi connectivity index (χ4v) is 1.64.